The van der Waals surface area contributed by atoms with E-state index in [1.54, 1.807) is 6.20 Å². The molecule has 66 valence electrons. The molecule has 3 nitrogen and oxygen atoms in total. The summed E-state index contributed by atoms with van der Waals surface area (Å²) in [5.74, 6) is 0.929. The summed E-state index contributed by atoms with van der Waals surface area (Å²) in [5.41, 5.74) is 2.12. The van der Waals surface area contributed by atoms with E-state index in [-0.39, 0.29) is 0 Å². The zero-order chi connectivity index (χ0) is 9.26. The molecule has 2 aromatic heterocycles. The van der Waals surface area contributed by atoms with Gasteiger partial charge in [-0.05, 0) is 24.6 Å². The van der Waals surface area contributed by atoms with Gasteiger partial charge in [0.05, 0.1) is 5.52 Å². The van der Waals surface area contributed by atoms with Crippen molar-refractivity contribution < 1.29 is 0 Å². The van der Waals surface area contributed by atoms with Crippen molar-refractivity contribution in [2.75, 3.05) is 12.4 Å². The van der Waals surface area contributed by atoms with Gasteiger partial charge in [-0.25, -0.2) is 4.98 Å². The number of aromatic nitrogens is 2. The Morgan fingerprint density at radius 3 is 3.00 bits per heavy atom. The molecule has 2 aromatic rings. The van der Waals surface area contributed by atoms with Gasteiger partial charge in [-0.15, -0.1) is 0 Å². The minimum absolute atomic E-state index is 0.929. The second-order valence-electron chi connectivity index (χ2n) is 2.97. The van der Waals surface area contributed by atoms with Gasteiger partial charge in [0.2, 0.25) is 0 Å². The molecule has 0 aliphatic heterocycles. The van der Waals surface area contributed by atoms with Crippen molar-refractivity contribution in [3.63, 3.8) is 0 Å². The zero-order valence-corrected chi connectivity index (χ0v) is 7.70. The highest BCUT2D eigenvalue weighted by Gasteiger charge is 2.00. The molecule has 1 N–H and O–H groups in total. The Kier molecular flexibility index (Phi) is 1.85. The molecule has 0 saturated heterocycles. The first-order chi connectivity index (χ1) is 6.31. The van der Waals surface area contributed by atoms with Gasteiger partial charge in [-0.2, -0.15) is 0 Å². The molecule has 0 aliphatic carbocycles. The van der Waals surface area contributed by atoms with Crippen molar-refractivity contribution in [1.82, 2.24) is 9.97 Å². The molecule has 0 bridgehead atoms. The van der Waals surface area contributed by atoms with Crippen molar-refractivity contribution in [3.05, 3.63) is 30.1 Å². The summed E-state index contributed by atoms with van der Waals surface area (Å²) < 4.78 is 0. The van der Waals surface area contributed by atoms with Crippen molar-refractivity contribution >= 4 is 16.7 Å². The van der Waals surface area contributed by atoms with Crippen LogP contribution < -0.4 is 5.32 Å². The minimum atomic E-state index is 0.929. The lowest BCUT2D eigenvalue weighted by molar-refractivity contribution is 1.27. The molecule has 0 saturated carbocycles. The highest BCUT2D eigenvalue weighted by Crippen LogP contribution is 2.17. The van der Waals surface area contributed by atoms with Crippen LogP contribution in [0.15, 0.2) is 24.5 Å². The smallest absolute Gasteiger partial charge is 0.129 e. The third kappa shape index (κ3) is 1.33. The number of hydrogen-bond acceptors (Lipinski definition) is 3. The van der Waals surface area contributed by atoms with Gasteiger partial charge >= 0.3 is 0 Å². The summed E-state index contributed by atoms with van der Waals surface area (Å²) in [7, 11) is 1.88. The molecule has 0 fully saturated rings. The van der Waals surface area contributed by atoms with Crippen LogP contribution in [0.4, 0.5) is 5.82 Å². The van der Waals surface area contributed by atoms with E-state index in [1.807, 2.05) is 26.2 Å². The molecule has 0 amide bonds. The van der Waals surface area contributed by atoms with E-state index in [9.17, 15) is 0 Å². The van der Waals surface area contributed by atoms with Gasteiger partial charge in [0, 0.05) is 24.8 Å². The Morgan fingerprint density at radius 1 is 1.38 bits per heavy atom. The standard InChI is InChI=1S/C10H11N3/c1-7-5-8-6-12-4-3-9(8)13-10(7)11-2/h3-6H,1-2H3,(H,11,13). The Morgan fingerprint density at radius 2 is 2.23 bits per heavy atom. The molecule has 0 radical (unpaired) electrons. The molecule has 2 heterocycles. The predicted octanol–water partition coefficient (Wildman–Crippen LogP) is 1.98. The van der Waals surface area contributed by atoms with Gasteiger partial charge in [0.15, 0.2) is 0 Å². The first kappa shape index (κ1) is 7.98. The van der Waals surface area contributed by atoms with E-state index in [0.29, 0.717) is 0 Å². The average Bonchev–Trinajstić information content (AvgIpc) is 2.17. The second kappa shape index (κ2) is 3.01. The summed E-state index contributed by atoms with van der Waals surface area (Å²) in [6, 6.07) is 4.00. The fourth-order valence-electron chi connectivity index (χ4n) is 1.38. The van der Waals surface area contributed by atoms with Crippen molar-refractivity contribution in [2.45, 2.75) is 6.92 Å². The Hall–Kier alpha value is -1.64. The number of aryl methyl sites for hydroxylation is 1. The third-order valence-corrected chi connectivity index (χ3v) is 2.04. The first-order valence-corrected chi connectivity index (χ1v) is 4.20. The lowest BCUT2D eigenvalue weighted by Gasteiger charge is -2.05. The fraction of sp³-hybridized carbons (Fsp3) is 0.200. The maximum Gasteiger partial charge on any atom is 0.129 e. The molecule has 0 aromatic carbocycles. The SMILES string of the molecule is CNc1nc2ccncc2cc1C. The molecule has 0 atom stereocenters. The Bertz CT molecular complexity index is 437. The number of hydrogen-bond donors (Lipinski definition) is 1. The lowest BCUT2D eigenvalue weighted by atomic mass is 10.2. The topological polar surface area (TPSA) is 37.8 Å². The normalized spacial score (nSPS) is 10.3. The van der Waals surface area contributed by atoms with Crippen LogP contribution in [-0.4, -0.2) is 17.0 Å². The third-order valence-electron chi connectivity index (χ3n) is 2.04. The van der Waals surface area contributed by atoms with Gasteiger partial charge in [0.1, 0.15) is 5.82 Å². The van der Waals surface area contributed by atoms with Crippen LogP contribution in [0.25, 0.3) is 10.9 Å². The van der Waals surface area contributed by atoms with E-state index < -0.39 is 0 Å². The summed E-state index contributed by atoms with van der Waals surface area (Å²) in [6.45, 7) is 2.03. The van der Waals surface area contributed by atoms with Crippen LogP contribution in [0.2, 0.25) is 0 Å². The van der Waals surface area contributed by atoms with Gasteiger partial charge < -0.3 is 5.32 Å². The number of pyridine rings is 2. The van der Waals surface area contributed by atoms with Gasteiger partial charge in [-0.3, -0.25) is 4.98 Å². The maximum atomic E-state index is 4.44. The van der Waals surface area contributed by atoms with Crippen molar-refractivity contribution in [1.29, 1.82) is 0 Å². The fourth-order valence-corrected chi connectivity index (χ4v) is 1.38. The van der Waals surface area contributed by atoms with E-state index in [4.69, 9.17) is 0 Å². The summed E-state index contributed by atoms with van der Waals surface area (Å²) in [4.78, 5) is 8.49. The number of rotatable bonds is 1. The number of anilines is 1. The molecular weight excluding hydrogens is 162 g/mol. The van der Waals surface area contributed by atoms with Crippen molar-refractivity contribution in [2.24, 2.45) is 0 Å². The Labute approximate surface area is 76.8 Å². The van der Waals surface area contributed by atoms with E-state index in [1.165, 1.54) is 0 Å². The van der Waals surface area contributed by atoms with Gasteiger partial charge in [-0.1, -0.05) is 0 Å². The molecule has 3 heteroatoms. The summed E-state index contributed by atoms with van der Waals surface area (Å²) in [6.07, 6.45) is 3.58. The van der Waals surface area contributed by atoms with Crippen molar-refractivity contribution in [3.8, 4) is 0 Å². The van der Waals surface area contributed by atoms with E-state index in [0.717, 1.165) is 22.3 Å². The number of fused-ring (bicyclic) bond motifs is 1. The van der Waals surface area contributed by atoms with Crippen LogP contribution in [0.5, 0.6) is 0 Å². The van der Waals surface area contributed by atoms with E-state index >= 15 is 0 Å². The first-order valence-electron chi connectivity index (χ1n) is 4.20. The van der Waals surface area contributed by atoms with Gasteiger partial charge in [0.25, 0.3) is 0 Å². The van der Waals surface area contributed by atoms with E-state index in [2.05, 4.69) is 21.4 Å². The highest BCUT2D eigenvalue weighted by atomic mass is 15.0. The maximum absolute atomic E-state index is 4.44. The van der Waals surface area contributed by atoms with Crippen LogP contribution in [0.3, 0.4) is 0 Å². The minimum Gasteiger partial charge on any atom is -0.373 e. The second-order valence-corrected chi connectivity index (χ2v) is 2.97. The molecule has 13 heavy (non-hydrogen) atoms. The van der Waals surface area contributed by atoms with Crippen LogP contribution in [0, 0.1) is 6.92 Å². The molecule has 0 aliphatic rings. The largest absolute Gasteiger partial charge is 0.373 e. The number of nitrogens with zero attached hydrogens (tertiary/aromatic N) is 2. The molecular formula is C10H11N3. The molecule has 2 rings (SSSR count). The highest BCUT2D eigenvalue weighted by molar-refractivity contribution is 5.80. The predicted molar refractivity (Wildman–Crippen MR) is 53.8 cm³/mol. The monoisotopic (exact) mass is 173 g/mol. The number of nitrogens with one attached hydrogen (secondary N) is 1. The molecule has 0 unspecified atom stereocenters. The summed E-state index contributed by atoms with van der Waals surface area (Å²) >= 11 is 0. The average molecular weight is 173 g/mol. The Balaban J connectivity index is 2.74. The quantitative estimate of drug-likeness (QED) is 0.716. The molecule has 0 spiro atoms. The van der Waals surface area contributed by atoms with Crippen LogP contribution in [0.1, 0.15) is 5.56 Å². The summed E-state index contributed by atoms with van der Waals surface area (Å²) in [5, 5.41) is 4.14. The zero-order valence-electron chi connectivity index (χ0n) is 7.70. The van der Waals surface area contributed by atoms with Crippen LogP contribution in [-0.2, 0) is 0 Å². The lowest BCUT2D eigenvalue weighted by Crippen LogP contribution is -1.95. The van der Waals surface area contributed by atoms with Crippen LogP contribution >= 0.6 is 0 Å².